The molecule has 3 rings (SSSR count). The Morgan fingerprint density at radius 3 is 2.95 bits per heavy atom. The number of para-hydroxylation sites is 1. The maximum absolute atomic E-state index is 12.0. The number of H-pyrrole nitrogens is 1. The lowest BCUT2D eigenvalue weighted by molar-refractivity contribution is 0.0950. The number of hydrogen-bond acceptors (Lipinski definition) is 2. The van der Waals surface area contributed by atoms with E-state index in [9.17, 15) is 4.79 Å². The second-order valence-corrected chi connectivity index (χ2v) is 4.76. The monoisotopic (exact) mass is 268 g/mol. The molecule has 0 radical (unpaired) electrons. The zero-order valence-electron chi connectivity index (χ0n) is 11.3. The van der Waals surface area contributed by atoms with Crippen LogP contribution in [0.3, 0.4) is 0 Å². The van der Waals surface area contributed by atoms with Gasteiger partial charge < -0.3 is 10.3 Å². The smallest absolute Gasteiger partial charge is 0.267 e. The SMILES string of the molecule is Cn1ccc(CCNC(=O)c2cc3ccccc3[nH]2)n1. The number of fused-ring (bicyclic) bond motifs is 1. The molecule has 0 atom stereocenters. The minimum absolute atomic E-state index is 0.0860. The Bertz CT molecular complexity index is 708. The van der Waals surface area contributed by atoms with E-state index in [1.54, 1.807) is 4.68 Å². The largest absolute Gasteiger partial charge is 0.351 e. The van der Waals surface area contributed by atoms with Gasteiger partial charge in [-0.1, -0.05) is 18.2 Å². The Kier molecular flexibility index (Phi) is 3.25. The van der Waals surface area contributed by atoms with E-state index in [-0.39, 0.29) is 5.91 Å². The molecule has 0 aliphatic carbocycles. The molecule has 0 unspecified atom stereocenters. The van der Waals surface area contributed by atoms with Gasteiger partial charge in [0.1, 0.15) is 5.69 Å². The molecule has 0 aliphatic rings. The second kappa shape index (κ2) is 5.21. The van der Waals surface area contributed by atoms with Crippen molar-refractivity contribution in [2.24, 2.45) is 7.05 Å². The van der Waals surface area contributed by atoms with Gasteiger partial charge in [-0.25, -0.2) is 0 Å². The van der Waals surface area contributed by atoms with Crippen molar-refractivity contribution in [1.82, 2.24) is 20.1 Å². The van der Waals surface area contributed by atoms with Crippen molar-refractivity contribution >= 4 is 16.8 Å². The average molecular weight is 268 g/mol. The summed E-state index contributed by atoms with van der Waals surface area (Å²) in [5.74, 6) is -0.0860. The number of aromatic amines is 1. The zero-order valence-corrected chi connectivity index (χ0v) is 11.3. The number of carbonyl (C=O) groups excluding carboxylic acids is 1. The first-order valence-corrected chi connectivity index (χ1v) is 6.57. The molecule has 20 heavy (non-hydrogen) atoms. The first kappa shape index (κ1) is 12.5. The van der Waals surface area contributed by atoms with E-state index >= 15 is 0 Å². The molecule has 2 N–H and O–H groups in total. The third kappa shape index (κ3) is 2.56. The van der Waals surface area contributed by atoms with E-state index in [1.807, 2.05) is 49.6 Å². The maximum atomic E-state index is 12.0. The van der Waals surface area contributed by atoms with Gasteiger partial charge in [0.25, 0.3) is 5.91 Å². The number of nitrogens with zero attached hydrogens (tertiary/aromatic N) is 2. The normalized spacial score (nSPS) is 10.8. The second-order valence-electron chi connectivity index (χ2n) is 4.76. The van der Waals surface area contributed by atoms with Crippen LogP contribution in [-0.4, -0.2) is 27.2 Å². The van der Waals surface area contributed by atoms with Crippen LogP contribution in [0.15, 0.2) is 42.6 Å². The van der Waals surface area contributed by atoms with E-state index in [2.05, 4.69) is 15.4 Å². The van der Waals surface area contributed by atoms with Crippen LogP contribution in [0.2, 0.25) is 0 Å². The average Bonchev–Trinajstić information content (AvgIpc) is 3.04. The summed E-state index contributed by atoms with van der Waals surface area (Å²) in [6, 6.07) is 11.7. The molecule has 0 bridgehead atoms. The van der Waals surface area contributed by atoms with Crippen molar-refractivity contribution in [2.75, 3.05) is 6.54 Å². The van der Waals surface area contributed by atoms with Gasteiger partial charge in [0.05, 0.1) is 5.69 Å². The van der Waals surface area contributed by atoms with Crippen LogP contribution in [0.1, 0.15) is 16.2 Å². The molecule has 1 aromatic carbocycles. The molecule has 0 saturated heterocycles. The van der Waals surface area contributed by atoms with Crippen molar-refractivity contribution in [3.8, 4) is 0 Å². The van der Waals surface area contributed by atoms with Crippen LogP contribution in [0.25, 0.3) is 10.9 Å². The molecule has 0 fully saturated rings. The van der Waals surface area contributed by atoms with Gasteiger partial charge in [0, 0.05) is 37.1 Å². The fraction of sp³-hybridized carbons (Fsp3) is 0.200. The highest BCUT2D eigenvalue weighted by Gasteiger charge is 2.08. The van der Waals surface area contributed by atoms with Gasteiger partial charge in [-0.15, -0.1) is 0 Å². The summed E-state index contributed by atoms with van der Waals surface area (Å²) in [7, 11) is 1.88. The molecule has 102 valence electrons. The van der Waals surface area contributed by atoms with E-state index < -0.39 is 0 Å². The number of rotatable bonds is 4. The number of aromatic nitrogens is 3. The zero-order chi connectivity index (χ0) is 13.9. The van der Waals surface area contributed by atoms with E-state index in [0.29, 0.717) is 12.2 Å². The van der Waals surface area contributed by atoms with E-state index in [1.165, 1.54) is 0 Å². The van der Waals surface area contributed by atoms with Gasteiger partial charge in [-0.3, -0.25) is 9.48 Å². The van der Waals surface area contributed by atoms with Crippen molar-refractivity contribution in [3.05, 3.63) is 54.0 Å². The van der Waals surface area contributed by atoms with Crippen LogP contribution < -0.4 is 5.32 Å². The summed E-state index contributed by atoms with van der Waals surface area (Å²) in [6.45, 7) is 0.575. The highest BCUT2D eigenvalue weighted by Crippen LogP contribution is 2.14. The first-order valence-electron chi connectivity index (χ1n) is 6.57. The van der Waals surface area contributed by atoms with Crippen molar-refractivity contribution < 1.29 is 4.79 Å². The number of carbonyl (C=O) groups is 1. The Labute approximate surface area is 116 Å². The highest BCUT2D eigenvalue weighted by molar-refractivity contribution is 5.97. The van der Waals surface area contributed by atoms with Gasteiger partial charge >= 0.3 is 0 Å². The number of aryl methyl sites for hydroxylation is 1. The summed E-state index contributed by atoms with van der Waals surface area (Å²) in [6.07, 6.45) is 2.63. The Morgan fingerprint density at radius 1 is 1.35 bits per heavy atom. The van der Waals surface area contributed by atoms with Crippen molar-refractivity contribution in [2.45, 2.75) is 6.42 Å². The van der Waals surface area contributed by atoms with Gasteiger partial charge in [-0.2, -0.15) is 5.10 Å². The van der Waals surface area contributed by atoms with Gasteiger partial charge in [-0.05, 0) is 18.2 Å². The van der Waals surface area contributed by atoms with Crippen LogP contribution in [0.4, 0.5) is 0 Å². The molecule has 2 aromatic heterocycles. The molecule has 1 amide bonds. The number of nitrogens with one attached hydrogen (secondary N) is 2. The van der Waals surface area contributed by atoms with Crippen molar-refractivity contribution in [3.63, 3.8) is 0 Å². The van der Waals surface area contributed by atoms with Crippen molar-refractivity contribution in [1.29, 1.82) is 0 Å². The molecule has 3 aromatic rings. The molecule has 5 heteroatoms. The molecular formula is C15H16N4O. The summed E-state index contributed by atoms with van der Waals surface area (Å²) in [5.41, 5.74) is 2.54. The maximum Gasteiger partial charge on any atom is 0.267 e. The lowest BCUT2D eigenvalue weighted by Crippen LogP contribution is -2.26. The van der Waals surface area contributed by atoms with Gasteiger partial charge in [0.15, 0.2) is 0 Å². The molecule has 5 nitrogen and oxygen atoms in total. The molecule has 0 saturated carbocycles. The molecular weight excluding hydrogens is 252 g/mol. The fourth-order valence-electron chi connectivity index (χ4n) is 2.19. The lowest BCUT2D eigenvalue weighted by atomic mass is 10.2. The van der Waals surface area contributed by atoms with E-state index in [4.69, 9.17) is 0 Å². The number of hydrogen-bond donors (Lipinski definition) is 2. The number of benzene rings is 1. The van der Waals surface area contributed by atoms with Crippen LogP contribution in [0.5, 0.6) is 0 Å². The summed E-state index contributed by atoms with van der Waals surface area (Å²) in [4.78, 5) is 15.2. The predicted octanol–water partition coefficient (Wildman–Crippen LogP) is 1.87. The van der Waals surface area contributed by atoms with Crippen LogP contribution in [-0.2, 0) is 13.5 Å². The highest BCUT2D eigenvalue weighted by atomic mass is 16.1. The molecule has 2 heterocycles. The summed E-state index contributed by atoms with van der Waals surface area (Å²) in [5, 5.41) is 8.21. The Balaban J connectivity index is 1.61. The number of amides is 1. The quantitative estimate of drug-likeness (QED) is 0.759. The topological polar surface area (TPSA) is 62.7 Å². The first-order chi connectivity index (χ1) is 9.72. The third-order valence-electron chi connectivity index (χ3n) is 3.21. The minimum atomic E-state index is -0.0860. The molecule has 0 spiro atoms. The van der Waals surface area contributed by atoms with Crippen LogP contribution in [0, 0.1) is 0 Å². The third-order valence-corrected chi connectivity index (χ3v) is 3.21. The van der Waals surface area contributed by atoms with E-state index in [0.717, 1.165) is 23.0 Å². The summed E-state index contributed by atoms with van der Waals surface area (Å²) < 4.78 is 1.76. The lowest BCUT2D eigenvalue weighted by Gasteiger charge is -2.01. The predicted molar refractivity (Wildman–Crippen MR) is 77.5 cm³/mol. The van der Waals surface area contributed by atoms with Gasteiger partial charge in [0.2, 0.25) is 0 Å². The van der Waals surface area contributed by atoms with Crippen LogP contribution >= 0.6 is 0 Å². The summed E-state index contributed by atoms with van der Waals surface area (Å²) >= 11 is 0. The fourth-order valence-corrected chi connectivity index (χ4v) is 2.19. The minimum Gasteiger partial charge on any atom is -0.351 e. The Morgan fingerprint density at radius 2 is 2.20 bits per heavy atom. The standard InChI is InChI=1S/C15H16N4O/c1-19-9-7-12(18-19)6-8-16-15(20)14-10-11-4-2-3-5-13(11)17-14/h2-5,7,9-10,17H,6,8H2,1H3,(H,16,20). The Hall–Kier alpha value is -2.56. The molecule has 0 aliphatic heterocycles.